The maximum Gasteiger partial charge on any atom is 0.243 e. The molecule has 1 rings (SSSR count). The van der Waals surface area contributed by atoms with E-state index in [4.69, 9.17) is 11.6 Å². The van der Waals surface area contributed by atoms with Crippen molar-refractivity contribution in [2.75, 3.05) is 12.4 Å². The molecule has 0 amide bonds. The molecule has 98 valence electrons. The van der Waals surface area contributed by atoms with Crippen LogP contribution in [-0.4, -0.2) is 31.0 Å². The van der Waals surface area contributed by atoms with E-state index in [2.05, 4.69) is 21.8 Å². The third-order valence-corrected chi connectivity index (χ3v) is 4.17. The molecule has 17 heavy (non-hydrogen) atoms. The molecular formula is C10H18ClN3O2S. The number of hydrogen-bond donors (Lipinski definition) is 2. The molecule has 2 N–H and O–H groups in total. The fourth-order valence-corrected chi connectivity index (χ4v) is 2.94. The summed E-state index contributed by atoms with van der Waals surface area (Å²) >= 11 is 5.69. The van der Waals surface area contributed by atoms with Crippen molar-refractivity contribution in [3.63, 3.8) is 0 Å². The van der Waals surface area contributed by atoms with E-state index in [-0.39, 0.29) is 4.90 Å². The van der Waals surface area contributed by atoms with Crippen molar-refractivity contribution in [3.8, 4) is 0 Å². The van der Waals surface area contributed by atoms with Gasteiger partial charge in [0.1, 0.15) is 4.90 Å². The van der Waals surface area contributed by atoms with Crippen LogP contribution in [0.4, 0.5) is 0 Å². The molecule has 1 heterocycles. The number of hydrogen-bond acceptors (Lipinski definition) is 3. The summed E-state index contributed by atoms with van der Waals surface area (Å²) in [6, 6.07) is 0. The van der Waals surface area contributed by atoms with Crippen LogP contribution in [0, 0.1) is 5.92 Å². The average Bonchev–Trinajstić information content (AvgIpc) is 2.81. The topological polar surface area (TPSA) is 74.8 Å². The van der Waals surface area contributed by atoms with Crippen molar-refractivity contribution in [3.05, 3.63) is 12.4 Å². The molecule has 1 atom stereocenters. The van der Waals surface area contributed by atoms with Crippen LogP contribution in [0.5, 0.6) is 0 Å². The quantitative estimate of drug-likeness (QED) is 0.712. The third-order valence-electron chi connectivity index (χ3n) is 2.56. The summed E-state index contributed by atoms with van der Waals surface area (Å²) in [5.41, 5.74) is 0. The second-order valence-electron chi connectivity index (χ2n) is 3.92. The molecule has 0 fully saturated rings. The largest absolute Gasteiger partial charge is 0.284 e. The number of halogens is 1. The predicted molar refractivity (Wildman–Crippen MR) is 67.5 cm³/mol. The molecule has 0 aliphatic heterocycles. The van der Waals surface area contributed by atoms with E-state index >= 15 is 0 Å². The Balaban J connectivity index is 2.53. The Morgan fingerprint density at radius 3 is 2.82 bits per heavy atom. The lowest BCUT2D eigenvalue weighted by atomic mass is 10.0. The van der Waals surface area contributed by atoms with E-state index in [9.17, 15) is 8.42 Å². The zero-order chi connectivity index (χ0) is 12.7. The van der Waals surface area contributed by atoms with Crippen LogP contribution in [0.25, 0.3) is 0 Å². The smallest absolute Gasteiger partial charge is 0.243 e. The van der Waals surface area contributed by atoms with Crippen molar-refractivity contribution in [1.29, 1.82) is 0 Å². The Bertz CT molecular complexity index is 399. The Morgan fingerprint density at radius 1 is 1.53 bits per heavy atom. The Labute approximate surface area is 107 Å². The fraction of sp³-hybridized carbons (Fsp3) is 0.700. The van der Waals surface area contributed by atoms with Crippen LogP contribution in [0.2, 0.25) is 0 Å². The number of sulfonamides is 1. The zero-order valence-corrected chi connectivity index (χ0v) is 11.4. The summed E-state index contributed by atoms with van der Waals surface area (Å²) in [5.74, 6) is 0.845. The first kappa shape index (κ1) is 14.5. The van der Waals surface area contributed by atoms with Gasteiger partial charge in [0.2, 0.25) is 10.0 Å². The molecule has 0 saturated heterocycles. The van der Waals surface area contributed by atoms with Gasteiger partial charge < -0.3 is 0 Å². The number of aromatic amines is 1. The molecule has 5 nitrogen and oxygen atoms in total. The first-order valence-corrected chi connectivity index (χ1v) is 7.66. The molecule has 0 aromatic carbocycles. The Morgan fingerprint density at radius 2 is 2.29 bits per heavy atom. The third kappa shape index (κ3) is 4.65. The van der Waals surface area contributed by atoms with E-state index in [0.717, 1.165) is 19.3 Å². The molecule has 0 spiro atoms. The summed E-state index contributed by atoms with van der Waals surface area (Å²) in [7, 11) is -3.44. The number of H-pyrrole nitrogens is 1. The summed E-state index contributed by atoms with van der Waals surface area (Å²) in [4.78, 5) is 0.165. The highest BCUT2D eigenvalue weighted by Gasteiger charge is 2.17. The standard InChI is InChI=1S/C10H18ClN3O2S/c1-2-3-9(4-5-11)6-14-17(15,16)10-7-12-13-8-10/h7-9,14H,2-6H2,1H3,(H,12,13). The molecule has 1 aromatic heterocycles. The van der Waals surface area contributed by atoms with Crippen LogP contribution in [0.3, 0.4) is 0 Å². The maximum absolute atomic E-state index is 11.8. The molecular weight excluding hydrogens is 262 g/mol. The van der Waals surface area contributed by atoms with E-state index in [0.29, 0.717) is 18.3 Å². The van der Waals surface area contributed by atoms with Crippen molar-refractivity contribution >= 4 is 21.6 Å². The van der Waals surface area contributed by atoms with Crippen LogP contribution in [0.15, 0.2) is 17.3 Å². The van der Waals surface area contributed by atoms with E-state index in [1.165, 1.54) is 12.4 Å². The highest BCUT2D eigenvalue weighted by atomic mass is 35.5. The number of aromatic nitrogens is 2. The fourth-order valence-electron chi connectivity index (χ4n) is 1.61. The minimum atomic E-state index is -3.44. The lowest BCUT2D eigenvalue weighted by Crippen LogP contribution is -2.29. The normalized spacial score (nSPS) is 13.8. The second-order valence-corrected chi connectivity index (χ2v) is 6.06. The van der Waals surface area contributed by atoms with Gasteiger partial charge in [-0.05, 0) is 18.8 Å². The Hall–Kier alpha value is -0.590. The molecule has 0 aliphatic rings. The van der Waals surface area contributed by atoms with Gasteiger partial charge in [0.25, 0.3) is 0 Å². The Kier molecular flexibility index (Phi) is 5.94. The highest BCUT2D eigenvalue weighted by molar-refractivity contribution is 7.89. The summed E-state index contributed by atoms with van der Waals surface area (Å²) in [6.07, 6.45) is 5.47. The van der Waals surface area contributed by atoms with Gasteiger partial charge >= 0.3 is 0 Å². The predicted octanol–water partition coefficient (Wildman–Crippen LogP) is 1.73. The van der Waals surface area contributed by atoms with Gasteiger partial charge in [-0.3, -0.25) is 5.10 Å². The summed E-state index contributed by atoms with van der Waals surface area (Å²) in [5, 5.41) is 6.11. The van der Waals surface area contributed by atoms with E-state index < -0.39 is 10.0 Å². The molecule has 1 aromatic rings. The van der Waals surface area contributed by atoms with E-state index in [1.54, 1.807) is 0 Å². The van der Waals surface area contributed by atoms with Gasteiger partial charge in [-0.2, -0.15) is 5.10 Å². The molecule has 0 bridgehead atoms. The second kappa shape index (κ2) is 6.98. The molecule has 1 unspecified atom stereocenters. The lowest BCUT2D eigenvalue weighted by Gasteiger charge is -2.15. The van der Waals surface area contributed by atoms with Crippen molar-refractivity contribution in [2.24, 2.45) is 5.92 Å². The molecule has 7 heteroatoms. The van der Waals surface area contributed by atoms with Gasteiger partial charge in [-0.15, -0.1) is 11.6 Å². The van der Waals surface area contributed by atoms with Crippen LogP contribution in [0.1, 0.15) is 26.2 Å². The average molecular weight is 280 g/mol. The van der Waals surface area contributed by atoms with Gasteiger partial charge in [0.05, 0.1) is 6.20 Å². The SMILES string of the molecule is CCCC(CCCl)CNS(=O)(=O)c1cn[nH]c1. The van der Waals surface area contributed by atoms with Crippen LogP contribution in [-0.2, 0) is 10.0 Å². The van der Waals surface area contributed by atoms with E-state index in [1.807, 2.05) is 0 Å². The first-order valence-electron chi connectivity index (χ1n) is 5.64. The number of rotatable bonds is 8. The number of alkyl halides is 1. The van der Waals surface area contributed by atoms with Gasteiger partial charge in [0, 0.05) is 18.6 Å². The van der Waals surface area contributed by atoms with Crippen molar-refractivity contribution in [2.45, 2.75) is 31.1 Å². The summed E-state index contributed by atoms with van der Waals surface area (Å²) in [6.45, 7) is 2.50. The van der Waals surface area contributed by atoms with Crippen molar-refractivity contribution in [1.82, 2.24) is 14.9 Å². The zero-order valence-electron chi connectivity index (χ0n) is 9.82. The minimum Gasteiger partial charge on any atom is -0.284 e. The lowest BCUT2D eigenvalue weighted by molar-refractivity contribution is 0.457. The molecule has 0 radical (unpaired) electrons. The van der Waals surface area contributed by atoms with Crippen LogP contribution >= 0.6 is 11.6 Å². The van der Waals surface area contributed by atoms with Crippen LogP contribution < -0.4 is 4.72 Å². The maximum atomic E-state index is 11.8. The minimum absolute atomic E-state index is 0.165. The summed E-state index contributed by atoms with van der Waals surface area (Å²) < 4.78 is 26.2. The van der Waals surface area contributed by atoms with Crippen molar-refractivity contribution < 1.29 is 8.42 Å². The highest BCUT2D eigenvalue weighted by Crippen LogP contribution is 2.13. The monoisotopic (exact) mass is 279 g/mol. The first-order chi connectivity index (χ1) is 8.10. The van der Waals surface area contributed by atoms with Gasteiger partial charge in [-0.1, -0.05) is 13.3 Å². The molecule has 0 aliphatic carbocycles. The van der Waals surface area contributed by atoms with Gasteiger partial charge in [0.15, 0.2) is 0 Å². The molecule has 0 saturated carbocycles. The number of nitrogens with zero attached hydrogens (tertiary/aromatic N) is 1. The number of nitrogens with one attached hydrogen (secondary N) is 2. The van der Waals surface area contributed by atoms with Gasteiger partial charge in [-0.25, -0.2) is 13.1 Å².